The summed E-state index contributed by atoms with van der Waals surface area (Å²) in [5, 5.41) is 5.48. The number of rotatable bonds is 10. The van der Waals surface area contributed by atoms with E-state index in [1.165, 1.54) is 50.6 Å². The average Bonchev–Trinajstić information content (AvgIpc) is 3.44. The standard InChI is InChI=1S/C26H29FN4O7/c1-36-21-12-19-20(13-22(21)37-2)31(15-24(33)29-17-7-5-16(27)6-8-17)26(35)30(25(19)34)10-9-23(32)28-14-18-4-3-11-38-18/h5-8,12-13,18H,3-4,9-11,14-15H2,1-2H3,(H,28,32)(H,29,33)/t18-/m1/s1. The van der Waals surface area contributed by atoms with Crippen LogP contribution < -0.4 is 31.4 Å². The normalized spacial score (nSPS) is 14.9. The minimum absolute atomic E-state index is 0.0402. The lowest BCUT2D eigenvalue weighted by atomic mass is 10.2. The molecule has 2 N–H and O–H groups in total. The molecule has 12 heteroatoms. The summed E-state index contributed by atoms with van der Waals surface area (Å²) in [4.78, 5) is 52.0. The third kappa shape index (κ3) is 6.02. The van der Waals surface area contributed by atoms with E-state index in [4.69, 9.17) is 14.2 Å². The molecule has 0 aliphatic carbocycles. The molecule has 3 aromatic rings. The lowest BCUT2D eigenvalue weighted by molar-refractivity contribution is -0.122. The van der Waals surface area contributed by atoms with Crippen molar-refractivity contribution >= 4 is 28.4 Å². The van der Waals surface area contributed by atoms with E-state index in [0.717, 1.165) is 22.0 Å². The van der Waals surface area contributed by atoms with Crippen LogP contribution in [0.15, 0.2) is 46.0 Å². The monoisotopic (exact) mass is 528 g/mol. The highest BCUT2D eigenvalue weighted by atomic mass is 19.1. The maximum absolute atomic E-state index is 13.4. The number of benzene rings is 2. The van der Waals surface area contributed by atoms with Crippen molar-refractivity contribution in [1.29, 1.82) is 0 Å². The van der Waals surface area contributed by atoms with E-state index in [0.29, 0.717) is 18.8 Å². The van der Waals surface area contributed by atoms with E-state index in [1.54, 1.807) is 0 Å². The number of nitrogens with zero attached hydrogens (tertiary/aromatic N) is 2. The van der Waals surface area contributed by atoms with Crippen LogP contribution in [-0.2, 0) is 27.4 Å². The number of methoxy groups -OCH3 is 2. The Balaban J connectivity index is 1.65. The maximum Gasteiger partial charge on any atom is 0.331 e. The first-order valence-corrected chi connectivity index (χ1v) is 12.1. The molecule has 0 bridgehead atoms. The lowest BCUT2D eigenvalue weighted by Crippen LogP contribution is -2.43. The van der Waals surface area contributed by atoms with Crippen molar-refractivity contribution in [2.75, 3.05) is 32.7 Å². The van der Waals surface area contributed by atoms with Crippen molar-refractivity contribution in [2.45, 2.75) is 38.5 Å². The fraction of sp³-hybridized carbons (Fsp3) is 0.385. The predicted molar refractivity (Wildman–Crippen MR) is 137 cm³/mol. The van der Waals surface area contributed by atoms with Crippen LogP contribution in [-0.4, -0.2) is 54.4 Å². The molecule has 1 saturated heterocycles. The summed E-state index contributed by atoms with van der Waals surface area (Å²) < 4.78 is 31.4. The third-order valence-corrected chi connectivity index (χ3v) is 6.27. The molecule has 1 aromatic heterocycles. The van der Waals surface area contributed by atoms with E-state index >= 15 is 0 Å². The molecular weight excluding hydrogens is 499 g/mol. The summed E-state index contributed by atoms with van der Waals surface area (Å²) in [6.07, 6.45) is 1.64. The molecule has 38 heavy (non-hydrogen) atoms. The first kappa shape index (κ1) is 26.9. The molecule has 0 unspecified atom stereocenters. The Morgan fingerprint density at radius 3 is 2.42 bits per heavy atom. The van der Waals surface area contributed by atoms with Gasteiger partial charge in [-0.25, -0.2) is 9.18 Å². The van der Waals surface area contributed by atoms with Crippen LogP contribution in [0.3, 0.4) is 0 Å². The van der Waals surface area contributed by atoms with Crippen molar-refractivity contribution in [1.82, 2.24) is 14.5 Å². The lowest BCUT2D eigenvalue weighted by Gasteiger charge is -2.16. The van der Waals surface area contributed by atoms with Crippen LogP contribution in [0, 0.1) is 5.82 Å². The summed E-state index contributed by atoms with van der Waals surface area (Å²) in [5.41, 5.74) is -0.904. The Bertz CT molecular complexity index is 1440. The maximum atomic E-state index is 13.4. The zero-order chi connectivity index (χ0) is 27.2. The van der Waals surface area contributed by atoms with Crippen LogP contribution in [0.4, 0.5) is 10.1 Å². The Kier molecular flexibility index (Phi) is 8.41. The number of fused-ring (bicyclic) bond motifs is 1. The van der Waals surface area contributed by atoms with E-state index in [2.05, 4.69) is 10.6 Å². The van der Waals surface area contributed by atoms with Crippen molar-refractivity contribution in [2.24, 2.45) is 0 Å². The number of nitrogens with one attached hydrogen (secondary N) is 2. The topological polar surface area (TPSA) is 130 Å². The molecule has 1 aliphatic rings. The Morgan fingerprint density at radius 1 is 1.05 bits per heavy atom. The first-order valence-electron chi connectivity index (χ1n) is 12.1. The van der Waals surface area contributed by atoms with Gasteiger partial charge in [0.1, 0.15) is 12.4 Å². The first-order chi connectivity index (χ1) is 18.3. The van der Waals surface area contributed by atoms with Gasteiger partial charge in [0.15, 0.2) is 11.5 Å². The van der Waals surface area contributed by atoms with Gasteiger partial charge in [0.25, 0.3) is 5.56 Å². The summed E-state index contributed by atoms with van der Waals surface area (Å²) in [6.45, 7) is 0.373. The zero-order valence-electron chi connectivity index (χ0n) is 21.1. The van der Waals surface area contributed by atoms with Gasteiger partial charge < -0.3 is 24.8 Å². The van der Waals surface area contributed by atoms with Gasteiger partial charge in [-0.1, -0.05) is 0 Å². The smallest absolute Gasteiger partial charge is 0.331 e. The van der Waals surface area contributed by atoms with Crippen molar-refractivity contribution in [3.8, 4) is 11.5 Å². The van der Waals surface area contributed by atoms with E-state index in [1.807, 2.05) is 0 Å². The molecule has 2 heterocycles. The Labute approximate surface area is 217 Å². The fourth-order valence-corrected chi connectivity index (χ4v) is 4.31. The summed E-state index contributed by atoms with van der Waals surface area (Å²) in [7, 11) is 2.82. The van der Waals surface area contributed by atoms with Gasteiger partial charge in [-0.05, 0) is 43.2 Å². The third-order valence-electron chi connectivity index (χ3n) is 6.27. The minimum Gasteiger partial charge on any atom is -0.493 e. The van der Waals surface area contributed by atoms with Gasteiger partial charge in [-0.3, -0.25) is 23.5 Å². The van der Waals surface area contributed by atoms with Gasteiger partial charge in [-0.2, -0.15) is 0 Å². The molecule has 1 atom stereocenters. The molecule has 202 valence electrons. The van der Waals surface area contributed by atoms with Gasteiger partial charge >= 0.3 is 5.69 Å². The second kappa shape index (κ2) is 11.9. The number of amides is 2. The SMILES string of the molecule is COc1cc2c(=O)n(CCC(=O)NC[C@H]3CCCO3)c(=O)n(CC(=O)Nc3ccc(F)cc3)c2cc1OC. The average molecular weight is 529 g/mol. The molecular formula is C26H29FN4O7. The van der Waals surface area contributed by atoms with Crippen molar-refractivity contribution in [3.05, 3.63) is 63.1 Å². The second-order valence-corrected chi connectivity index (χ2v) is 8.79. The predicted octanol–water partition coefficient (Wildman–Crippen LogP) is 1.64. The summed E-state index contributed by atoms with van der Waals surface area (Å²) in [5.74, 6) is -0.844. The molecule has 0 saturated carbocycles. The molecule has 4 rings (SSSR count). The number of ether oxygens (including phenoxy) is 3. The quantitative estimate of drug-likeness (QED) is 0.409. The van der Waals surface area contributed by atoms with E-state index in [9.17, 15) is 23.6 Å². The van der Waals surface area contributed by atoms with Gasteiger partial charge in [0, 0.05) is 37.9 Å². The zero-order valence-corrected chi connectivity index (χ0v) is 21.1. The molecule has 1 aliphatic heterocycles. The second-order valence-electron chi connectivity index (χ2n) is 8.79. The van der Waals surface area contributed by atoms with Gasteiger partial charge in [-0.15, -0.1) is 0 Å². The molecule has 11 nitrogen and oxygen atoms in total. The number of carbonyl (C=O) groups is 2. The number of halogens is 1. The fourth-order valence-electron chi connectivity index (χ4n) is 4.31. The molecule has 2 aromatic carbocycles. The van der Waals surface area contributed by atoms with Gasteiger partial charge in [0.05, 0.1) is 31.2 Å². The highest BCUT2D eigenvalue weighted by Gasteiger charge is 2.20. The largest absolute Gasteiger partial charge is 0.493 e. The molecule has 1 fully saturated rings. The minimum atomic E-state index is -0.768. The van der Waals surface area contributed by atoms with Crippen LogP contribution in [0.5, 0.6) is 11.5 Å². The Morgan fingerprint density at radius 2 is 1.76 bits per heavy atom. The number of anilines is 1. The highest BCUT2D eigenvalue weighted by molar-refractivity contribution is 5.92. The van der Waals surface area contributed by atoms with Crippen LogP contribution in [0.1, 0.15) is 19.3 Å². The highest BCUT2D eigenvalue weighted by Crippen LogP contribution is 2.30. The molecule has 0 spiro atoms. The van der Waals surface area contributed by atoms with Crippen molar-refractivity contribution < 1.29 is 28.2 Å². The Hall–Kier alpha value is -4.19. The summed E-state index contributed by atoms with van der Waals surface area (Å²) >= 11 is 0. The molecule has 0 radical (unpaired) electrons. The summed E-state index contributed by atoms with van der Waals surface area (Å²) in [6, 6.07) is 8.03. The molecule has 2 amide bonds. The van der Waals surface area contributed by atoms with Crippen molar-refractivity contribution in [3.63, 3.8) is 0 Å². The van der Waals surface area contributed by atoms with E-state index in [-0.39, 0.29) is 47.4 Å². The van der Waals surface area contributed by atoms with E-state index < -0.39 is 29.5 Å². The number of hydrogen-bond donors (Lipinski definition) is 2. The van der Waals surface area contributed by atoms with Crippen LogP contribution >= 0.6 is 0 Å². The number of hydrogen-bond acceptors (Lipinski definition) is 7. The van der Waals surface area contributed by atoms with Crippen LogP contribution in [0.2, 0.25) is 0 Å². The number of aromatic nitrogens is 2. The van der Waals surface area contributed by atoms with Gasteiger partial charge in [0.2, 0.25) is 11.8 Å². The number of carbonyl (C=O) groups excluding carboxylic acids is 2. The van der Waals surface area contributed by atoms with Crippen LogP contribution in [0.25, 0.3) is 10.9 Å².